The van der Waals surface area contributed by atoms with Gasteiger partial charge in [-0.15, -0.1) is 0 Å². The lowest BCUT2D eigenvalue weighted by Gasteiger charge is -2.14. The Morgan fingerprint density at radius 3 is 2.67 bits per heavy atom. The molecule has 0 rings (SSSR count). The van der Waals surface area contributed by atoms with E-state index in [1.165, 1.54) is 0 Å². The van der Waals surface area contributed by atoms with E-state index in [2.05, 4.69) is 6.07 Å². The summed E-state index contributed by atoms with van der Waals surface area (Å²) in [4.78, 5) is 10.5. The van der Waals surface area contributed by atoms with Gasteiger partial charge in [0, 0.05) is 5.75 Å². The summed E-state index contributed by atoms with van der Waals surface area (Å²) in [5.74, 6) is 0.573. The lowest BCUT2D eigenvalue weighted by Crippen LogP contribution is -2.12. The first-order valence-electron chi connectivity index (χ1n) is 5.11. The SMILES string of the molecule is CC(CSCCCC(C)(C)C#N)C(=O)O. The predicted octanol–water partition coefficient (Wildman–Crippen LogP) is 2.77. The summed E-state index contributed by atoms with van der Waals surface area (Å²) in [7, 11) is 0. The van der Waals surface area contributed by atoms with Crippen LogP contribution < -0.4 is 0 Å². The lowest BCUT2D eigenvalue weighted by molar-refractivity contribution is -0.140. The van der Waals surface area contributed by atoms with E-state index in [4.69, 9.17) is 10.4 Å². The molecule has 0 aromatic rings. The Kier molecular flexibility index (Phi) is 6.42. The van der Waals surface area contributed by atoms with Crippen molar-refractivity contribution in [1.82, 2.24) is 0 Å². The molecule has 0 aromatic heterocycles. The minimum absolute atomic E-state index is 0.251. The second-order valence-corrected chi connectivity index (χ2v) is 5.56. The highest BCUT2D eigenvalue weighted by atomic mass is 32.2. The number of aliphatic carboxylic acids is 1. The maximum Gasteiger partial charge on any atom is 0.307 e. The molecule has 0 aliphatic heterocycles. The van der Waals surface area contributed by atoms with Gasteiger partial charge in [-0.05, 0) is 32.4 Å². The number of carboxylic acids is 1. The number of carbonyl (C=O) groups is 1. The molecule has 1 atom stereocenters. The number of carboxylic acid groups (broad SMARTS) is 1. The molecule has 0 saturated heterocycles. The van der Waals surface area contributed by atoms with Crippen LogP contribution in [0.3, 0.4) is 0 Å². The molecule has 0 radical (unpaired) electrons. The third-order valence-corrected chi connectivity index (χ3v) is 3.50. The fourth-order valence-corrected chi connectivity index (χ4v) is 2.01. The van der Waals surface area contributed by atoms with Gasteiger partial charge in [0.15, 0.2) is 0 Å². The second kappa shape index (κ2) is 6.73. The summed E-state index contributed by atoms with van der Waals surface area (Å²) >= 11 is 1.65. The second-order valence-electron chi connectivity index (χ2n) is 4.41. The first kappa shape index (κ1) is 14.3. The Morgan fingerprint density at radius 1 is 1.60 bits per heavy atom. The maximum atomic E-state index is 10.5. The molecule has 1 N–H and O–H groups in total. The van der Waals surface area contributed by atoms with E-state index in [9.17, 15) is 4.79 Å². The molecule has 0 heterocycles. The Bertz CT molecular complexity index is 245. The number of hydrogen-bond donors (Lipinski definition) is 1. The first-order valence-corrected chi connectivity index (χ1v) is 6.26. The van der Waals surface area contributed by atoms with Gasteiger partial charge in [0.2, 0.25) is 0 Å². The number of thioether (sulfide) groups is 1. The molecule has 1 unspecified atom stereocenters. The Balaban J connectivity index is 3.49. The summed E-state index contributed by atoms with van der Waals surface area (Å²) in [6.45, 7) is 5.57. The third kappa shape index (κ3) is 7.26. The van der Waals surface area contributed by atoms with E-state index in [1.807, 2.05) is 13.8 Å². The summed E-state index contributed by atoms with van der Waals surface area (Å²) in [6.07, 6.45) is 1.84. The van der Waals surface area contributed by atoms with Crippen LogP contribution in [0.2, 0.25) is 0 Å². The first-order chi connectivity index (χ1) is 6.89. The van der Waals surface area contributed by atoms with Crippen LogP contribution in [0, 0.1) is 22.7 Å². The Morgan fingerprint density at radius 2 is 2.20 bits per heavy atom. The van der Waals surface area contributed by atoms with Gasteiger partial charge in [-0.1, -0.05) is 6.92 Å². The zero-order chi connectivity index (χ0) is 11.9. The predicted molar refractivity (Wildman–Crippen MR) is 62.8 cm³/mol. The van der Waals surface area contributed by atoms with Gasteiger partial charge in [-0.3, -0.25) is 4.79 Å². The summed E-state index contributed by atoms with van der Waals surface area (Å²) in [6, 6.07) is 2.26. The zero-order valence-electron chi connectivity index (χ0n) is 9.62. The fraction of sp³-hybridized carbons (Fsp3) is 0.818. The molecule has 15 heavy (non-hydrogen) atoms. The Labute approximate surface area is 95.9 Å². The molecular weight excluding hydrogens is 210 g/mol. The number of hydrogen-bond acceptors (Lipinski definition) is 3. The lowest BCUT2D eigenvalue weighted by atomic mass is 9.90. The molecule has 0 aromatic carbocycles. The largest absolute Gasteiger partial charge is 0.481 e. The van der Waals surface area contributed by atoms with Crippen LogP contribution >= 0.6 is 11.8 Å². The quantitative estimate of drug-likeness (QED) is 0.682. The van der Waals surface area contributed by atoms with E-state index in [0.29, 0.717) is 5.75 Å². The van der Waals surface area contributed by atoms with E-state index in [0.717, 1.165) is 18.6 Å². The van der Waals surface area contributed by atoms with Crippen LogP contribution in [0.15, 0.2) is 0 Å². The van der Waals surface area contributed by atoms with Crippen LogP contribution in [0.1, 0.15) is 33.6 Å². The summed E-state index contributed by atoms with van der Waals surface area (Å²) in [5, 5.41) is 17.4. The van der Waals surface area contributed by atoms with Crippen LogP contribution in [-0.4, -0.2) is 22.6 Å². The molecule has 0 fully saturated rings. The number of nitrogens with zero attached hydrogens (tertiary/aromatic N) is 1. The van der Waals surface area contributed by atoms with Crippen molar-refractivity contribution in [1.29, 1.82) is 5.26 Å². The molecular formula is C11H19NO2S. The van der Waals surface area contributed by atoms with Gasteiger partial charge < -0.3 is 5.11 Å². The van der Waals surface area contributed by atoms with Crippen molar-refractivity contribution in [3.8, 4) is 6.07 Å². The van der Waals surface area contributed by atoms with Crippen molar-refractivity contribution in [2.24, 2.45) is 11.3 Å². The van der Waals surface area contributed by atoms with E-state index in [-0.39, 0.29) is 11.3 Å². The van der Waals surface area contributed by atoms with Crippen molar-refractivity contribution >= 4 is 17.7 Å². The van der Waals surface area contributed by atoms with E-state index < -0.39 is 5.97 Å². The van der Waals surface area contributed by atoms with Crippen molar-refractivity contribution < 1.29 is 9.90 Å². The molecule has 0 amide bonds. The summed E-state index contributed by atoms with van der Waals surface area (Å²) in [5.41, 5.74) is -0.251. The van der Waals surface area contributed by atoms with Crippen molar-refractivity contribution in [3.05, 3.63) is 0 Å². The highest BCUT2D eigenvalue weighted by Gasteiger charge is 2.16. The van der Waals surface area contributed by atoms with Gasteiger partial charge in [0.25, 0.3) is 0 Å². The fourth-order valence-electron chi connectivity index (χ4n) is 1.00. The van der Waals surface area contributed by atoms with Crippen LogP contribution in [-0.2, 0) is 4.79 Å². The monoisotopic (exact) mass is 229 g/mol. The van der Waals surface area contributed by atoms with Crippen molar-refractivity contribution in [2.45, 2.75) is 33.6 Å². The smallest absolute Gasteiger partial charge is 0.307 e. The molecule has 86 valence electrons. The van der Waals surface area contributed by atoms with Gasteiger partial charge >= 0.3 is 5.97 Å². The molecule has 0 aliphatic carbocycles. The average Bonchev–Trinajstić information content (AvgIpc) is 2.16. The number of nitriles is 1. The highest BCUT2D eigenvalue weighted by Crippen LogP contribution is 2.22. The maximum absolute atomic E-state index is 10.5. The minimum atomic E-state index is -0.736. The average molecular weight is 229 g/mol. The van der Waals surface area contributed by atoms with Crippen LogP contribution in [0.4, 0.5) is 0 Å². The molecule has 0 aliphatic rings. The summed E-state index contributed by atoms with van der Waals surface area (Å²) < 4.78 is 0. The van der Waals surface area contributed by atoms with Crippen molar-refractivity contribution in [3.63, 3.8) is 0 Å². The van der Waals surface area contributed by atoms with E-state index >= 15 is 0 Å². The van der Waals surface area contributed by atoms with Crippen LogP contribution in [0.25, 0.3) is 0 Å². The van der Waals surface area contributed by atoms with Gasteiger partial charge in [-0.25, -0.2) is 0 Å². The minimum Gasteiger partial charge on any atom is -0.481 e. The highest BCUT2D eigenvalue weighted by molar-refractivity contribution is 7.99. The van der Waals surface area contributed by atoms with Gasteiger partial charge in [0.05, 0.1) is 17.4 Å². The molecule has 0 saturated carbocycles. The topological polar surface area (TPSA) is 61.1 Å². The van der Waals surface area contributed by atoms with Gasteiger partial charge in [0.1, 0.15) is 0 Å². The zero-order valence-corrected chi connectivity index (χ0v) is 10.4. The van der Waals surface area contributed by atoms with Crippen molar-refractivity contribution in [2.75, 3.05) is 11.5 Å². The third-order valence-electron chi connectivity index (χ3n) is 2.18. The van der Waals surface area contributed by atoms with E-state index in [1.54, 1.807) is 18.7 Å². The van der Waals surface area contributed by atoms with Crippen LogP contribution in [0.5, 0.6) is 0 Å². The molecule has 0 bridgehead atoms. The normalized spacial score (nSPS) is 13.2. The molecule has 0 spiro atoms. The number of rotatable bonds is 7. The molecule has 4 heteroatoms. The van der Waals surface area contributed by atoms with Gasteiger partial charge in [-0.2, -0.15) is 17.0 Å². The standard InChI is InChI=1S/C11H19NO2S/c1-9(10(13)14)7-15-6-4-5-11(2,3)8-12/h9H,4-7H2,1-3H3,(H,13,14). The molecule has 3 nitrogen and oxygen atoms in total. The Hall–Kier alpha value is -0.690.